The van der Waals surface area contributed by atoms with E-state index in [0.29, 0.717) is 17.5 Å². The Morgan fingerprint density at radius 3 is 2.48 bits per heavy atom. The van der Waals surface area contributed by atoms with Gasteiger partial charge in [0.1, 0.15) is 5.60 Å². The number of rotatable bonds is 1. The molecule has 2 atom stereocenters. The zero-order valence-electron chi connectivity index (χ0n) is 15.7. The van der Waals surface area contributed by atoms with E-state index in [1.807, 2.05) is 0 Å². The van der Waals surface area contributed by atoms with Gasteiger partial charge in [-0.3, -0.25) is 4.79 Å². The lowest BCUT2D eigenvalue weighted by Gasteiger charge is -2.30. The SMILES string of the molecule is CCc1cc2c(c(C(F)(F)F)c1)C(=O)N[C@H]1CN(C(=O)OC(C)(C)C)C[C@H]21. The molecule has 1 aromatic carbocycles. The van der Waals surface area contributed by atoms with Crippen LogP contribution in [-0.4, -0.2) is 41.6 Å². The van der Waals surface area contributed by atoms with E-state index < -0.39 is 41.3 Å². The largest absolute Gasteiger partial charge is 0.444 e. The van der Waals surface area contributed by atoms with Crippen LogP contribution in [0.15, 0.2) is 12.1 Å². The minimum Gasteiger partial charge on any atom is -0.444 e. The quantitative estimate of drug-likeness (QED) is 0.803. The fourth-order valence-corrected chi connectivity index (χ4v) is 3.68. The maximum atomic E-state index is 13.5. The average Bonchev–Trinajstić information content (AvgIpc) is 2.95. The Bertz CT molecular complexity index is 784. The van der Waals surface area contributed by atoms with Crippen molar-refractivity contribution >= 4 is 12.0 Å². The van der Waals surface area contributed by atoms with Crippen molar-refractivity contribution < 1.29 is 27.5 Å². The molecule has 1 saturated heterocycles. The molecule has 5 nitrogen and oxygen atoms in total. The molecule has 2 heterocycles. The number of nitrogens with zero attached hydrogens (tertiary/aromatic N) is 1. The summed E-state index contributed by atoms with van der Waals surface area (Å²) >= 11 is 0. The first-order valence-electron chi connectivity index (χ1n) is 8.93. The van der Waals surface area contributed by atoms with Crippen molar-refractivity contribution in [3.8, 4) is 0 Å². The average molecular weight is 384 g/mol. The van der Waals surface area contributed by atoms with Crippen LogP contribution in [0.5, 0.6) is 0 Å². The van der Waals surface area contributed by atoms with Crippen molar-refractivity contribution in [3.63, 3.8) is 0 Å². The first-order chi connectivity index (χ1) is 12.4. The van der Waals surface area contributed by atoms with Crippen LogP contribution >= 0.6 is 0 Å². The second-order valence-electron chi connectivity index (χ2n) is 8.03. The molecule has 0 saturated carbocycles. The van der Waals surface area contributed by atoms with Crippen LogP contribution in [0.1, 0.15) is 60.7 Å². The summed E-state index contributed by atoms with van der Waals surface area (Å²) in [5, 5.41) is 2.64. The van der Waals surface area contributed by atoms with E-state index in [1.165, 1.54) is 4.90 Å². The Kier molecular flexibility index (Phi) is 4.64. The van der Waals surface area contributed by atoms with Crippen molar-refractivity contribution in [1.82, 2.24) is 10.2 Å². The summed E-state index contributed by atoms with van der Waals surface area (Å²) in [6.07, 6.45) is -4.73. The molecular weight excluding hydrogens is 361 g/mol. The highest BCUT2D eigenvalue weighted by atomic mass is 19.4. The van der Waals surface area contributed by atoms with Gasteiger partial charge in [-0.1, -0.05) is 13.0 Å². The van der Waals surface area contributed by atoms with Crippen LogP contribution in [0.25, 0.3) is 0 Å². The number of hydrogen-bond donors (Lipinski definition) is 1. The maximum absolute atomic E-state index is 13.5. The molecule has 27 heavy (non-hydrogen) atoms. The third-order valence-electron chi connectivity index (χ3n) is 4.86. The smallest absolute Gasteiger partial charge is 0.417 e. The van der Waals surface area contributed by atoms with E-state index in [-0.39, 0.29) is 18.7 Å². The molecule has 0 aromatic heterocycles. The number of fused-ring (bicyclic) bond motifs is 3. The monoisotopic (exact) mass is 384 g/mol. The number of alkyl halides is 3. The van der Waals surface area contributed by atoms with Crippen molar-refractivity contribution in [2.45, 2.75) is 57.9 Å². The third kappa shape index (κ3) is 3.75. The highest BCUT2D eigenvalue weighted by Crippen LogP contribution is 2.41. The Hall–Kier alpha value is -2.25. The third-order valence-corrected chi connectivity index (χ3v) is 4.86. The zero-order chi connectivity index (χ0) is 20.1. The fourth-order valence-electron chi connectivity index (χ4n) is 3.68. The molecule has 2 aliphatic heterocycles. The standard InChI is InChI=1S/C19H23F3N2O3/c1-5-10-6-11-12-8-24(17(26)27-18(2,3)4)9-14(12)23-16(25)15(11)13(7-10)19(20,21)22/h6-7,12,14H,5,8-9H2,1-4H3,(H,23,25)/t12-,14+/m1/s1. The van der Waals surface area contributed by atoms with Crippen LogP contribution in [0, 0.1) is 0 Å². The predicted octanol–water partition coefficient (Wildman–Crippen LogP) is 3.71. The topological polar surface area (TPSA) is 58.6 Å². The van der Waals surface area contributed by atoms with E-state index in [4.69, 9.17) is 4.74 Å². The Morgan fingerprint density at radius 2 is 1.93 bits per heavy atom. The van der Waals surface area contributed by atoms with Crippen molar-refractivity contribution in [2.75, 3.05) is 13.1 Å². The maximum Gasteiger partial charge on any atom is 0.417 e. The number of carbonyl (C=O) groups excluding carboxylic acids is 2. The molecule has 148 valence electrons. The number of halogens is 3. The summed E-state index contributed by atoms with van der Waals surface area (Å²) in [4.78, 5) is 26.3. The number of ether oxygens (including phenoxy) is 1. The predicted molar refractivity (Wildman–Crippen MR) is 92.6 cm³/mol. The highest BCUT2D eigenvalue weighted by Gasteiger charge is 2.47. The van der Waals surface area contributed by atoms with Crippen molar-refractivity contribution in [3.05, 3.63) is 34.4 Å². The second-order valence-corrected chi connectivity index (χ2v) is 8.03. The zero-order valence-corrected chi connectivity index (χ0v) is 15.7. The summed E-state index contributed by atoms with van der Waals surface area (Å²) < 4.78 is 46.0. The number of amides is 2. The fraction of sp³-hybridized carbons (Fsp3) is 0.579. The van der Waals surface area contributed by atoms with Crippen LogP contribution in [0.4, 0.5) is 18.0 Å². The van der Waals surface area contributed by atoms with Crippen molar-refractivity contribution in [2.24, 2.45) is 0 Å². The molecule has 2 aliphatic rings. The summed E-state index contributed by atoms with van der Waals surface area (Å²) in [6.45, 7) is 7.42. The minimum atomic E-state index is -4.62. The molecular formula is C19H23F3N2O3. The van der Waals surface area contributed by atoms with Crippen LogP contribution in [0.2, 0.25) is 0 Å². The first kappa shape index (κ1) is 19.5. The van der Waals surface area contributed by atoms with Gasteiger partial charge < -0.3 is 15.0 Å². The molecule has 0 spiro atoms. The summed E-state index contributed by atoms with van der Waals surface area (Å²) in [5.41, 5.74) is -1.03. The van der Waals surface area contributed by atoms with Gasteiger partial charge in [0, 0.05) is 19.0 Å². The second kappa shape index (κ2) is 6.42. The molecule has 1 aromatic rings. The Labute approximate surface area is 155 Å². The lowest BCUT2D eigenvalue weighted by atomic mass is 9.82. The minimum absolute atomic E-state index is 0.206. The highest BCUT2D eigenvalue weighted by molar-refractivity contribution is 5.99. The Morgan fingerprint density at radius 1 is 1.26 bits per heavy atom. The summed E-state index contributed by atoms with van der Waals surface area (Å²) in [6, 6.07) is 2.28. The molecule has 2 amide bonds. The van der Waals surface area contributed by atoms with Gasteiger partial charge in [0.25, 0.3) is 5.91 Å². The van der Waals surface area contributed by atoms with E-state index in [0.717, 1.165) is 6.07 Å². The number of benzene rings is 1. The lowest BCUT2D eigenvalue weighted by molar-refractivity contribution is -0.138. The van der Waals surface area contributed by atoms with Gasteiger partial charge in [-0.25, -0.2) is 4.79 Å². The molecule has 0 aliphatic carbocycles. The number of carbonyl (C=O) groups is 2. The Balaban J connectivity index is 2.00. The molecule has 3 rings (SSSR count). The van der Waals surface area contributed by atoms with Gasteiger partial charge >= 0.3 is 12.3 Å². The number of hydrogen-bond acceptors (Lipinski definition) is 3. The van der Waals surface area contributed by atoms with Crippen LogP contribution < -0.4 is 5.32 Å². The number of likely N-dealkylation sites (tertiary alicyclic amines) is 1. The van der Waals surface area contributed by atoms with Gasteiger partial charge in [0.2, 0.25) is 0 Å². The van der Waals surface area contributed by atoms with E-state index in [2.05, 4.69) is 5.32 Å². The molecule has 0 bridgehead atoms. The number of nitrogens with one attached hydrogen (secondary N) is 1. The van der Waals surface area contributed by atoms with Crippen LogP contribution in [0.3, 0.4) is 0 Å². The molecule has 0 radical (unpaired) electrons. The van der Waals surface area contributed by atoms with Gasteiger partial charge in [0.05, 0.1) is 17.2 Å². The molecule has 0 unspecified atom stereocenters. The van der Waals surface area contributed by atoms with Crippen LogP contribution in [-0.2, 0) is 17.3 Å². The van der Waals surface area contributed by atoms with Gasteiger partial charge in [-0.15, -0.1) is 0 Å². The van der Waals surface area contributed by atoms with Crippen molar-refractivity contribution in [1.29, 1.82) is 0 Å². The van der Waals surface area contributed by atoms with E-state index in [1.54, 1.807) is 33.8 Å². The molecule has 1 N–H and O–H groups in total. The van der Waals surface area contributed by atoms with Gasteiger partial charge in [-0.2, -0.15) is 13.2 Å². The summed E-state index contributed by atoms with van der Waals surface area (Å²) in [7, 11) is 0. The molecule has 1 fully saturated rings. The van der Waals surface area contributed by atoms with Gasteiger partial charge in [0.15, 0.2) is 0 Å². The first-order valence-corrected chi connectivity index (χ1v) is 8.93. The number of aryl methyl sites for hydroxylation is 1. The van der Waals surface area contributed by atoms with Gasteiger partial charge in [-0.05, 0) is 44.4 Å². The summed E-state index contributed by atoms with van der Waals surface area (Å²) in [5.74, 6) is -1.13. The lowest BCUT2D eigenvalue weighted by Crippen LogP contribution is -2.45. The molecule has 8 heteroatoms. The van der Waals surface area contributed by atoms with E-state index >= 15 is 0 Å². The normalized spacial score (nSPS) is 22.2. The van der Waals surface area contributed by atoms with E-state index in [9.17, 15) is 22.8 Å².